The molecule has 3 heterocycles. The van der Waals surface area contributed by atoms with Gasteiger partial charge in [0.05, 0.1) is 17.3 Å². The second-order valence-electron chi connectivity index (χ2n) is 9.26. The Hall–Kier alpha value is -1.92. The molecule has 190 valence electrons. The van der Waals surface area contributed by atoms with E-state index in [2.05, 4.69) is 9.97 Å². The second-order valence-corrected chi connectivity index (χ2v) is 11.5. The molecule has 3 rings (SSSR count). The number of aromatic amines is 1. The molecule has 2 aromatic heterocycles. The average molecular weight is 501 g/mol. The predicted molar refractivity (Wildman–Crippen MR) is 122 cm³/mol. The zero-order valence-corrected chi connectivity index (χ0v) is 20.7. The third-order valence-electron chi connectivity index (χ3n) is 6.56. The number of aromatic nitrogens is 3. The van der Waals surface area contributed by atoms with Gasteiger partial charge in [0, 0.05) is 24.4 Å². The van der Waals surface area contributed by atoms with Gasteiger partial charge >= 0.3 is 7.60 Å². The SMILES string of the molecule is CCC(C)(CC1OC(c2cn3cc(C)c(=O)nc3[nH]c2=O)C(O)C1O)OP(=O)(O)C(C)(O)CC. The molecule has 0 amide bonds. The number of ether oxygens (including phenoxy) is 1. The molecule has 7 unspecified atom stereocenters. The van der Waals surface area contributed by atoms with Crippen LogP contribution in [0.25, 0.3) is 5.78 Å². The number of nitrogens with zero attached hydrogens (tertiary/aromatic N) is 2. The maximum atomic E-state index is 12.7. The number of hydrogen-bond acceptors (Lipinski definition) is 9. The Kier molecular flexibility index (Phi) is 7.27. The Balaban J connectivity index is 1.89. The van der Waals surface area contributed by atoms with Crippen LogP contribution in [0.1, 0.15) is 64.2 Å². The van der Waals surface area contributed by atoms with Crippen LogP contribution in [0.2, 0.25) is 0 Å². The first-order valence-corrected chi connectivity index (χ1v) is 12.6. The molecule has 13 heteroatoms. The van der Waals surface area contributed by atoms with Crippen LogP contribution in [-0.2, 0) is 13.8 Å². The molecule has 7 atom stereocenters. The van der Waals surface area contributed by atoms with Gasteiger partial charge in [0.25, 0.3) is 11.1 Å². The smallest absolute Gasteiger partial charge is 0.359 e. The van der Waals surface area contributed by atoms with Crippen molar-refractivity contribution in [3.05, 3.63) is 44.2 Å². The highest BCUT2D eigenvalue weighted by Crippen LogP contribution is 2.59. The zero-order chi connectivity index (χ0) is 25.6. The summed E-state index contributed by atoms with van der Waals surface area (Å²) in [6.45, 7) is 7.58. The van der Waals surface area contributed by atoms with Crippen LogP contribution in [0.4, 0.5) is 0 Å². The molecule has 0 bridgehead atoms. The normalized spacial score (nSPS) is 28.4. The van der Waals surface area contributed by atoms with Gasteiger partial charge in [-0.15, -0.1) is 0 Å². The van der Waals surface area contributed by atoms with Crippen molar-refractivity contribution < 1.29 is 34.0 Å². The molecule has 0 saturated carbocycles. The molecule has 0 aliphatic carbocycles. The van der Waals surface area contributed by atoms with Gasteiger partial charge < -0.3 is 29.5 Å². The van der Waals surface area contributed by atoms with E-state index in [0.29, 0.717) is 5.56 Å². The van der Waals surface area contributed by atoms with Gasteiger partial charge in [-0.25, -0.2) is 0 Å². The molecular weight excluding hydrogens is 469 g/mol. The molecule has 5 N–H and O–H groups in total. The van der Waals surface area contributed by atoms with E-state index >= 15 is 0 Å². The Bertz CT molecular complexity index is 1230. The van der Waals surface area contributed by atoms with Crippen LogP contribution < -0.4 is 11.1 Å². The van der Waals surface area contributed by atoms with Gasteiger partial charge in [0.1, 0.15) is 18.3 Å². The number of aliphatic hydroxyl groups excluding tert-OH is 2. The second kappa shape index (κ2) is 9.27. The van der Waals surface area contributed by atoms with Gasteiger partial charge in [0.15, 0.2) is 5.34 Å². The number of aryl methyl sites for hydroxylation is 1. The van der Waals surface area contributed by atoms with Crippen molar-refractivity contribution >= 4 is 13.4 Å². The minimum atomic E-state index is -4.48. The van der Waals surface area contributed by atoms with Crippen LogP contribution in [0.5, 0.6) is 0 Å². The molecule has 1 aliphatic heterocycles. The quantitative estimate of drug-likeness (QED) is 0.323. The highest BCUT2D eigenvalue weighted by atomic mass is 31.2. The van der Waals surface area contributed by atoms with Gasteiger partial charge in [0.2, 0.25) is 5.78 Å². The summed E-state index contributed by atoms with van der Waals surface area (Å²) in [6.07, 6.45) is -2.19. The summed E-state index contributed by atoms with van der Waals surface area (Å²) in [5.41, 5.74) is -2.08. The monoisotopic (exact) mass is 501 g/mol. The summed E-state index contributed by atoms with van der Waals surface area (Å²) < 4.78 is 25.5. The van der Waals surface area contributed by atoms with E-state index in [-0.39, 0.29) is 30.6 Å². The third-order valence-corrected chi connectivity index (χ3v) is 8.78. The maximum absolute atomic E-state index is 12.7. The van der Waals surface area contributed by atoms with E-state index < -0.39 is 54.1 Å². The fourth-order valence-electron chi connectivity index (χ4n) is 3.79. The molecule has 0 radical (unpaired) electrons. The Labute approximate surface area is 195 Å². The van der Waals surface area contributed by atoms with E-state index in [1.807, 2.05) is 0 Å². The Morgan fingerprint density at radius 1 is 1.21 bits per heavy atom. The lowest BCUT2D eigenvalue weighted by Crippen LogP contribution is -2.40. The van der Waals surface area contributed by atoms with Crippen LogP contribution in [-0.4, -0.2) is 63.8 Å². The lowest BCUT2D eigenvalue weighted by molar-refractivity contribution is -0.0533. The van der Waals surface area contributed by atoms with E-state index in [0.717, 1.165) is 0 Å². The molecule has 34 heavy (non-hydrogen) atoms. The number of nitrogens with one attached hydrogen (secondary N) is 1. The minimum Gasteiger partial charge on any atom is -0.388 e. The fourth-order valence-corrected chi connectivity index (χ4v) is 5.18. The van der Waals surface area contributed by atoms with Crippen LogP contribution in [0, 0.1) is 6.92 Å². The average Bonchev–Trinajstić information content (AvgIpc) is 3.02. The summed E-state index contributed by atoms with van der Waals surface area (Å²) in [7, 11) is -4.48. The summed E-state index contributed by atoms with van der Waals surface area (Å²) in [5, 5.41) is 29.6. The van der Waals surface area contributed by atoms with E-state index in [9.17, 15) is 34.4 Å². The van der Waals surface area contributed by atoms with Crippen molar-refractivity contribution in [3.63, 3.8) is 0 Å². The first kappa shape index (κ1) is 26.7. The van der Waals surface area contributed by atoms with Crippen molar-refractivity contribution in [3.8, 4) is 0 Å². The number of aliphatic hydroxyl groups is 3. The highest BCUT2D eigenvalue weighted by molar-refractivity contribution is 7.54. The third kappa shape index (κ3) is 4.90. The lowest BCUT2D eigenvalue weighted by Gasteiger charge is -2.37. The predicted octanol–water partition coefficient (Wildman–Crippen LogP) is 0.732. The molecule has 12 nitrogen and oxygen atoms in total. The Morgan fingerprint density at radius 2 is 1.85 bits per heavy atom. The summed E-state index contributed by atoms with van der Waals surface area (Å²) >= 11 is 0. The molecular formula is C21H32N3O9P. The van der Waals surface area contributed by atoms with Crippen molar-refractivity contribution in [2.24, 2.45) is 0 Å². The minimum absolute atomic E-state index is 0.00673. The number of hydrogen-bond donors (Lipinski definition) is 5. The summed E-state index contributed by atoms with van der Waals surface area (Å²) in [4.78, 5) is 41.0. The Morgan fingerprint density at radius 3 is 2.44 bits per heavy atom. The standard InChI is InChI=1S/C21H32N3O9P/c1-6-20(4,33-34(30,31)21(5,29)7-2)8-13-14(25)15(26)16(32-13)12-10-24-9-11(3)17(27)22-19(24)23-18(12)28/h9-10,13-16,25-26,29H,6-8H2,1-5H3,(H,30,31)(H,22,23,27,28). The molecule has 0 aromatic carbocycles. The highest BCUT2D eigenvalue weighted by Gasteiger charge is 2.50. The topological polar surface area (TPSA) is 184 Å². The molecule has 1 fully saturated rings. The van der Waals surface area contributed by atoms with Crippen molar-refractivity contribution in [1.82, 2.24) is 14.4 Å². The first-order chi connectivity index (χ1) is 15.6. The number of fused-ring (bicyclic) bond motifs is 1. The number of rotatable bonds is 8. The van der Waals surface area contributed by atoms with Gasteiger partial charge in [-0.1, -0.05) is 13.8 Å². The zero-order valence-electron chi connectivity index (χ0n) is 19.8. The van der Waals surface area contributed by atoms with Gasteiger partial charge in [-0.05, 0) is 33.6 Å². The van der Waals surface area contributed by atoms with Gasteiger partial charge in [-0.2, -0.15) is 4.98 Å². The van der Waals surface area contributed by atoms with Crippen molar-refractivity contribution in [2.75, 3.05) is 0 Å². The van der Waals surface area contributed by atoms with E-state index in [1.165, 1.54) is 23.7 Å². The molecule has 1 aliphatic rings. The maximum Gasteiger partial charge on any atom is 0.359 e. The van der Waals surface area contributed by atoms with Crippen molar-refractivity contribution in [2.45, 2.75) is 89.2 Å². The van der Waals surface area contributed by atoms with Crippen LogP contribution in [0.15, 0.2) is 22.0 Å². The number of H-pyrrole nitrogens is 1. The first-order valence-electron chi connectivity index (χ1n) is 11.0. The summed E-state index contributed by atoms with van der Waals surface area (Å²) in [6, 6.07) is 0. The van der Waals surface area contributed by atoms with Gasteiger partial charge in [-0.3, -0.25) is 23.5 Å². The molecule has 1 saturated heterocycles. The molecule has 2 aromatic rings. The molecule has 0 spiro atoms. The lowest BCUT2D eigenvalue weighted by atomic mass is 9.92. The van der Waals surface area contributed by atoms with Crippen LogP contribution in [0.3, 0.4) is 0 Å². The van der Waals surface area contributed by atoms with Crippen LogP contribution >= 0.6 is 7.60 Å². The van der Waals surface area contributed by atoms with E-state index in [4.69, 9.17) is 9.26 Å². The van der Waals surface area contributed by atoms with E-state index in [1.54, 1.807) is 27.7 Å². The fraction of sp³-hybridized carbons (Fsp3) is 0.667. The van der Waals surface area contributed by atoms with Crippen molar-refractivity contribution in [1.29, 1.82) is 0 Å². The summed E-state index contributed by atoms with van der Waals surface area (Å²) in [5.74, 6) is 0.0163. The largest absolute Gasteiger partial charge is 0.388 e.